The second-order valence-electron chi connectivity index (χ2n) is 6.15. The molecule has 1 unspecified atom stereocenters. The molecule has 0 aromatic rings. The van der Waals surface area contributed by atoms with Crippen LogP contribution in [0.4, 0.5) is 0 Å². The van der Waals surface area contributed by atoms with Crippen molar-refractivity contribution in [2.45, 2.75) is 78.4 Å². The molecule has 1 aliphatic heterocycles. The van der Waals surface area contributed by atoms with E-state index in [0.29, 0.717) is 6.42 Å². The molecule has 4 heteroatoms. The fraction of sp³-hybridized carbons (Fsp3) is 0.875. The average Bonchev–Trinajstić information content (AvgIpc) is 2.60. The van der Waals surface area contributed by atoms with Crippen molar-refractivity contribution in [2.24, 2.45) is 11.8 Å². The quantitative estimate of drug-likeness (QED) is 0.506. The van der Waals surface area contributed by atoms with Crippen LogP contribution in [0.15, 0.2) is 0 Å². The predicted octanol–water partition coefficient (Wildman–Crippen LogP) is 3.48. The number of esters is 2. The van der Waals surface area contributed by atoms with Crippen molar-refractivity contribution in [2.75, 3.05) is 0 Å². The van der Waals surface area contributed by atoms with Gasteiger partial charge in [-0.2, -0.15) is 0 Å². The zero-order valence-electron chi connectivity index (χ0n) is 13.2. The summed E-state index contributed by atoms with van der Waals surface area (Å²) in [4.78, 5) is 23.6. The summed E-state index contributed by atoms with van der Waals surface area (Å²) in [7, 11) is 0. The van der Waals surface area contributed by atoms with Crippen molar-refractivity contribution in [3.63, 3.8) is 0 Å². The van der Waals surface area contributed by atoms with Crippen molar-refractivity contribution in [3.05, 3.63) is 0 Å². The van der Waals surface area contributed by atoms with E-state index in [4.69, 9.17) is 9.47 Å². The van der Waals surface area contributed by atoms with Gasteiger partial charge in [-0.1, -0.05) is 46.5 Å². The summed E-state index contributed by atoms with van der Waals surface area (Å²) in [6.45, 7) is 7.91. The minimum atomic E-state index is -0.407. The van der Waals surface area contributed by atoms with Crippen LogP contribution in [-0.4, -0.2) is 24.1 Å². The monoisotopic (exact) mass is 284 g/mol. The minimum Gasteiger partial charge on any atom is -0.458 e. The van der Waals surface area contributed by atoms with Gasteiger partial charge < -0.3 is 9.47 Å². The Bertz CT molecular complexity index is 324. The van der Waals surface area contributed by atoms with E-state index in [1.807, 2.05) is 13.8 Å². The van der Waals surface area contributed by atoms with Gasteiger partial charge in [0.25, 0.3) is 0 Å². The van der Waals surface area contributed by atoms with E-state index in [1.54, 1.807) is 6.92 Å². The number of hydrogen-bond acceptors (Lipinski definition) is 4. The third-order valence-electron chi connectivity index (χ3n) is 3.68. The topological polar surface area (TPSA) is 52.6 Å². The number of carbonyl (C=O) groups is 2. The normalized spacial score (nSPS) is 25.9. The van der Waals surface area contributed by atoms with Gasteiger partial charge in [-0.05, 0) is 19.3 Å². The van der Waals surface area contributed by atoms with Gasteiger partial charge >= 0.3 is 11.9 Å². The van der Waals surface area contributed by atoms with Crippen molar-refractivity contribution >= 4 is 11.9 Å². The molecule has 0 saturated carbocycles. The van der Waals surface area contributed by atoms with E-state index in [-0.39, 0.29) is 29.9 Å². The Hall–Kier alpha value is -1.06. The molecule has 0 bridgehead atoms. The molecule has 1 aliphatic rings. The van der Waals surface area contributed by atoms with Gasteiger partial charge in [0.05, 0.1) is 5.92 Å². The molecule has 0 N–H and O–H groups in total. The lowest BCUT2D eigenvalue weighted by atomic mass is 9.95. The predicted molar refractivity (Wildman–Crippen MR) is 77.1 cm³/mol. The number of cyclic esters (lactones) is 1. The molecule has 1 fully saturated rings. The Kier molecular flexibility index (Phi) is 7.03. The molecule has 116 valence electrons. The summed E-state index contributed by atoms with van der Waals surface area (Å²) < 4.78 is 10.7. The molecule has 1 saturated heterocycles. The lowest BCUT2D eigenvalue weighted by Gasteiger charge is -2.19. The van der Waals surface area contributed by atoms with Crippen LogP contribution in [0.5, 0.6) is 0 Å². The smallest absolute Gasteiger partial charge is 0.313 e. The average molecular weight is 284 g/mol. The zero-order valence-corrected chi connectivity index (χ0v) is 13.2. The Morgan fingerprint density at radius 1 is 1.30 bits per heavy atom. The lowest BCUT2D eigenvalue weighted by Crippen LogP contribution is -2.31. The first-order valence-corrected chi connectivity index (χ1v) is 7.85. The van der Waals surface area contributed by atoms with E-state index in [2.05, 4.69) is 6.92 Å². The molecule has 3 atom stereocenters. The van der Waals surface area contributed by atoms with Gasteiger partial charge in [0.1, 0.15) is 6.10 Å². The fourth-order valence-electron chi connectivity index (χ4n) is 2.58. The standard InChI is InChI=1S/C16H28O4/c1-5-6-7-8-9-13-15(12(4)19-16(13)18)20-14(17)10-11(2)3/h11-13,15H,5-10H2,1-4H3/t12-,13+,15?/m0/s1. The second kappa shape index (κ2) is 8.28. The van der Waals surface area contributed by atoms with Crippen LogP contribution in [0.3, 0.4) is 0 Å². The maximum Gasteiger partial charge on any atom is 0.313 e. The molecule has 4 nitrogen and oxygen atoms in total. The Labute approximate surface area is 122 Å². The largest absolute Gasteiger partial charge is 0.458 e. The second-order valence-corrected chi connectivity index (χ2v) is 6.15. The molecule has 0 radical (unpaired) electrons. The highest BCUT2D eigenvalue weighted by molar-refractivity contribution is 5.77. The highest BCUT2D eigenvalue weighted by atomic mass is 16.6. The number of rotatable bonds is 8. The zero-order chi connectivity index (χ0) is 15.1. The van der Waals surface area contributed by atoms with Crippen LogP contribution in [0, 0.1) is 11.8 Å². The molecule has 0 spiro atoms. The number of ether oxygens (including phenoxy) is 2. The summed E-state index contributed by atoms with van der Waals surface area (Å²) in [5, 5.41) is 0. The van der Waals surface area contributed by atoms with Crippen LogP contribution >= 0.6 is 0 Å². The minimum absolute atomic E-state index is 0.212. The van der Waals surface area contributed by atoms with Gasteiger partial charge in [0, 0.05) is 6.42 Å². The third-order valence-corrected chi connectivity index (χ3v) is 3.68. The molecule has 1 rings (SSSR count). The first-order valence-electron chi connectivity index (χ1n) is 7.85. The Morgan fingerprint density at radius 2 is 2.00 bits per heavy atom. The highest BCUT2D eigenvalue weighted by Gasteiger charge is 2.44. The van der Waals surface area contributed by atoms with Crippen molar-refractivity contribution in [1.29, 1.82) is 0 Å². The first-order chi connectivity index (χ1) is 9.45. The van der Waals surface area contributed by atoms with Gasteiger partial charge in [0.2, 0.25) is 0 Å². The molecule has 0 aromatic carbocycles. The van der Waals surface area contributed by atoms with Crippen LogP contribution in [0.25, 0.3) is 0 Å². The van der Waals surface area contributed by atoms with Gasteiger partial charge in [0.15, 0.2) is 6.10 Å². The molecule has 0 aliphatic carbocycles. The first kappa shape index (κ1) is 17.0. The molecule has 20 heavy (non-hydrogen) atoms. The Balaban J connectivity index is 2.51. The van der Waals surface area contributed by atoms with E-state index in [0.717, 1.165) is 25.7 Å². The van der Waals surface area contributed by atoms with E-state index < -0.39 is 6.10 Å². The third kappa shape index (κ3) is 5.14. The van der Waals surface area contributed by atoms with Crippen molar-refractivity contribution in [3.8, 4) is 0 Å². The van der Waals surface area contributed by atoms with Crippen LogP contribution in [0.2, 0.25) is 0 Å². The summed E-state index contributed by atoms with van der Waals surface area (Å²) >= 11 is 0. The Morgan fingerprint density at radius 3 is 2.60 bits per heavy atom. The highest BCUT2D eigenvalue weighted by Crippen LogP contribution is 2.29. The number of carbonyl (C=O) groups excluding carboxylic acids is 2. The summed E-state index contributed by atoms with van der Waals surface area (Å²) in [6, 6.07) is 0. The number of unbranched alkanes of at least 4 members (excludes halogenated alkanes) is 3. The van der Waals surface area contributed by atoms with E-state index in [1.165, 1.54) is 6.42 Å². The summed E-state index contributed by atoms with van der Waals surface area (Å²) in [5.74, 6) is -0.457. The van der Waals surface area contributed by atoms with Crippen LogP contribution in [0.1, 0.15) is 66.2 Å². The molecule has 0 amide bonds. The van der Waals surface area contributed by atoms with Gasteiger partial charge in [-0.15, -0.1) is 0 Å². The lowest BCUT2D eigenvalue weighted by molar-refractivity contribution is -0.154. The van der Waals surface area contributed by atoms with Crippen LogP contribution < -0.4 is 0 Å². The van der Waals surface area contributed by atoms with Gasteiger partial charge in [-0.3, -0.25) is 9.59 Å². The van der Waals surface area contributed by atoms with Crippen LogP contribution in [-0.2, 0) is 19.1 Å². The van der Waals surface area contributed by atoms with Crippen molar-refractivity contribution in [1.82, 2.24) is 0 Å². The summed E-state index contributed by atoms with van der Waals surface area (Å²) in [5.41, 5.74) is 0. The molecule has 1 heterocycles. The molecular weight excluding hydrogens is 256 g/mol. The maximum atomic E-state index is 11.8. The maximum absolute atomic E-state index is 11.8. The van der Waals surface area contributed by atoms with Gasteiger partial charge in [-0.25, -0.2) is 0 Å². The number of hydrogen-bond donors (Lipinski definition) is 0. The SMILES string of the molecule is CCCCCC[C@H]1C(=O)O[C@@H](C)C1OC(=O)CC(C)C. The molecular formula is C16H28O4. The van der Waals surface area contributed by atoms with E-state index >= 15 is 0 Å². The van der Waals surface area contributed by atoms with E-state index in [9.17, 15) is 9.59 Å². The summed E-state index contributed by atoms with van der Waals surface area (Å²) in [6.07, 6.45) is 4.85. The van der Waals surface area contributed by atoms with Crippen molar-refractivity contribution < 1.29 is 19.1 Å². The molecule has 0 aromatic heterocycles. The fourth-order valence-corrected chi connectivity index (χ4v) is 2.58.